The average Bonchev–Trinajstić information content (AvgIpc) is 3.04. The molecule has 6 heteroatoms. The van der Waals surface area contributed by atoms with Crippen molar-refractivity contribution in [1.29, 1.82) is 0 Å². The largest absolute Gasteiger partial charge is 0.396 e. The van der Waals surface area contributed by atoms with E-state index in [0.29, 0.717) is 23.6 Å². The third-order valence-corrected chi connectivity index (χ3v) is 4.35. The first-order valence-corrected chi connectivity index (χ1v) is 8.83. The van der Waals surface area contributed by atoms with Crippen molar-refractivity contribution < 1.29 is 24.4 Å². The van der Waals surface area contributed by atoms with E-state index in [-0.39, 0.29) is 18.8 Å². The highest BCUT2D eigenvalue weighted by atomic mass is 35.5. The molecule has 2 aliphatic heterocycles. The van der Waals surface area contributed by atoms with Crippen LogP contribution in [0.5, 0.6) is 0 Å². The van der Waals surface area contributed by atoms with Gasteiger partial charge in [0.1, 0.15) is 24.4 Å². The fraction of sp³-hybridized carbons (Fsp3) is 0.667. The minimum Gasteiger partial charge on any atom is -0.396 e. The number of rotatable bonds is 4. The second kappa shape index (κ2) is 8.13. The van der Waals surface area contributed by atoms with E-state index in [1.165, 1.54) is 0 Å². The van der Waals surface area contributed by atoms with Crippen molar-refractivity contribution in [1.82, 2.24) is 0 Å². The van der Waals surface area contributed by atoms with Crippen LogP contribution >= 0.6 is 11.6 Å². The Bertz CT molecular complexity index is 548. The lowest BCUT2D eigenvalue weighted by molar-refractivity contribution is -0.184. The molecule has 0 spiro atoms. The van der Waals surface area contributed by atoms with Crippen molar-refractivity contribution in [2.75, 3.05) is 13.2 Å². The van der Waals surface area contributed by atoms with Crippen LogP contribution in [0.4, 0.5) is 0 Å². The van der Waals surface area contributed by atoms with E-state index in [1.54, 1.807) is 18.2 Å². The predicted molar refractivity (Wildman–Crippen MR) is 92.1 cm³/mol. The molecule has 24 heavy (non-hydrogen) atoms. The first-order valence-electron chi connectivity index (χ1n) is 8.46. The van der Waals surface area contributed by atoms with Crippen LogP contribution in [0.25, 0.3) is 0 Å². The summed E-state index contributed by atoms with van der Waals surface area (Å²) in [7, 11) is 0. The molecule has 0 aromatic heterocycles. The summed E-state index contributed by atoms with van der Waals surface area (Å²) in [5.41, 5.74) is 1.52. The van der Waals surface area contributed by atoms with Gasteiger partial charge in [0, 0.05) is 11.6 Å². The van der Waals surface area contributed by atoms with E-state index in [0.717, 1.165) is 5.56 Å². The summed E-state index contributed by atoms with van der Waals surface area (Å²) in [5.74, 6) is -0.662. The Balaban J connectivity index is 0.00000100. The molecule has 0 saturated carbocycles. The number of hydrogen-bond donors (Lipinski definition) is 2. The molecule has 4 atom stereocenters. The Kier molecular flexibility index (Phi) is 6.65. The van der Waals surface area contributed by atoms with Gasteiger partial charge in [0.05, 0.1) is 6.61 Å². The van der Waals surface area contributed by atoms with E-state index in [2.05, 4.69) is 0 Å². The number of fused-ring (bicyclic) bond motifs is 1. The van der Waals surface area contributed by atoms with Gasteiger partial charge in [0.15, 0.2) is 5.79 Å². The smallest absolute Gasteiger partial charge is 0.164 e. The zero-order valence-corrected chi connectivity index (χ0v) is 15.4. The van der Waals surface area contributed by atoms with Gasteiger partial charge < -0.3 is 24.4 Å². The highest BCUT2D eigenvalue weighted by molar-refractivity contribution is 6.30. The molecular formula is C18H27ClO5. The fourth-order valence-electron chi connectivity index (χ4n) is 3.22. The van der Waals surface area contributed by atoms with Crippen LogP contribution in [0.15, 0.2) is 18.2 Å². The number of benzene rings is 1. The standard InChI is InChI=1S/C16H21ClO5.C2H6/c1-16(2)21-12-8-20-15(14(12)22-16)13(19)11-4-3-10(17)7-9(11)5-6-18;1-2/h3-4,7,12-15,18-19H,5-6,8H2,1-2H3;1-2H3. The highest BCUT2D eigenvalue weighted by Gasteiger charge is 2.52. The summed E-state index contributed by atoms with van der Waals surface area (Å²) >= 11 is 6.00. The summed E-state index contributed by atoms with van der Waals surface area (Å²) in [4.78, 5) is 0. The molecule has 1 aromatic carbocycles. The minimum absolute atomic E-state index is 0.00964. The van der Waals surface area contributed by atoms with Gasteiger partial charge in [0.25, 0.3) is 0 Å². The molecular weight excluding hydrogens is 332 g/mol. The van der Waals surface area contributed by atoms with Gasteiger partial charge in [-0.2, -0.15) is 0 Å². The zero-order valence-electron chi connectivity index (χ0n) is 14.7. The van der Waals surface area contributed by atoms with Crippen molar-refractivity contribution in [3.05, 3.63) is 34.3 Å². The van der Waals surface area contributed by atoms with Crippen molar-refractivity contribution in [2.45, 2.75) is 64.3 Å². The zero-order chi connectivity index (χ0) is 17.9. The summed E-state index contributed by atoms with van der Waals surface area (Å²) in [6, 6.07) is 5.26. The van der Waals surface area contributed by atoms with Crippen LogP contribution in [0.2, 0.25) is 5.02 Å². The first-order chi connectivity index (χ1) is 11.4. The highest BCUT2D eigenvalue weighted by Crippen LogP contribution is 2.40. The van der Waals surface area contributed by atoms with Gasteiger partial charge in [-0.3, -0.25) is 0 Å². The number of halogens is 1. The molecule has 0 amide bonds. The van der Waals surface area contributed by atoms with Gasteiger partial charge in [-0.25, -0.2) is 0 Å². The van der Waals surface area contributed by atoms with Crippen LogP contribution in [0.1, 0.15) is 44.9 Å². The van der Waals surface area contributed by atoms with Gasteiger partial charge in [-0.05, 0) is 43.5 Å². The summed E-state index contributed by atoms with van der Waals surface area (Å²) in [6.45, 7) is 8.10. The fourth-order valence-corrected chi connectivity index (χ4v) is 3.41. The lowest BCUT2D eigenvalue weighted by atomic mass is 9.94. The second-order valence-electron chi connectivity index (χ2n) is 6.20. The molecule has 2 saturated heterocycles. The third-order valence-electron chi connectivity index (χ3n) is 4.11. The molecule has 0 bridgehead atoms. The van der Waals surface area contributed by atoms with Gasteiger partial charge in [-0.1, -0.05) is 31.5 Å². The topological polar surface area (TPSA) is 68.2 Å². The maximum absolute atomic E-state index is 10.8. The summed E-state index contributed by atoms with van der Waals surface area (Å²) < 4.78 is 17.3. The van der Waals surface area contributed by atoms with E-state index >= 15 is 0 Å². The van der Waals surface area contributed by atoms with Crippen LogP contribution in [0.3, 0.4) is 0 Å². The maximum Gasteiger partial charge on any atom is 0.164 e. The molecule has 1 aromatic rings. The molecule has 2 N–H and O–H groups in total. The Hall–Kier alpha value is -0.690. The predicted octanol–water partition coefficient (Wildman–Crippen LogP) is 2.85. The Morgan fingerprint density at radius 1 is 1.29 bits per heavy atom. The molecule has 4 unspecified atom stereocenters. The van der Waals surface area contributed by atoms with Crippen molar-refractivity contribution in [2.24, 2.45) is 0 Å². The summed E-state index contributed by atoms with van der Waals surface area (Å²) in [6.07, 6.45) is -1.39. The molecule has 136 valence electrons. The van der Waals surface area contributed by atoms with Gasteiger partial charge in [0.2, 0.25) is 0 Å². The quantitative estimate of drug-likeness (QED) is 0.866. The number of aliphatic hydroxyl groups excluding tert-OH is 2. The monoisotopic (exact) mass is 358 g/mol. The molecule has 3 rings (SSSR count). The molecule has 2 aliphatic rings. The molecule has 0 radical (unpaired) electrons. The number of aliphatic hydroxyl groups is 2. The molecule has 2 heterocycles. The second-order valence-corrected chi connectivity index (χ2v) is 6.63. The van der Waals surface area contributed by atoms with E-state index in [9.17, 15) is 10.2 Å². The first kappa shape index (κ1) is 19.6. The Morgan fingerprint density at radius 3 is 2.67 bits per heavy atom. The Labute approximate surface area is 148 Å². The maximum atomic E-state index is 10.8. The normalized spacial score (nSPS) is 28.9. The average molecular weight is 359 g/mol. The third kappa shape index (κ3) is 4.10. The van der Waals surface area contributed by atoms with Crippen molar-refractivity contribution in [3.63, 3.8) is 0 Å². The van der Waals surface area contributed by atoms with Crippen LogP contribution in [-0.4, -0.2) is 47.5 Å². The van der Waals surface area contributed by atoms with E-state index < -0.39 is 18.0 Å². The SMILES string of the molecule is CC.CC1(C)OC2COC(C(O)c3ccc(Cl)cc3CCO)C2O1. The minimum atomic E-state index is -0.855. The number of hydrogen-bond acceptors (Lipinski definition) is 5. The number of ether oxygens (including phenoxy) is 3. The van der Waals surface area contributed by atoms with Gasteiger partial charge >= 0.3 is 0 Å². The van der Waals surface area contributed by atoms with E-state index in [4.69, 9.17) is 25.8 Å². The van der Waals surface area contributed by atoms with Crippen LogP contribution in [-0.2, 0) is 20.6 Å². The summed E-state index contributed by atoms with van der Waals surface area (Å²) in [5, 5.41) is 20.5. The van der Waals surface area contributed by atoms with Crippen molar-refractivity contribution >= 4 is 11.6 Å². The van der Waals surface area contributed by atoms with Gasteiger partial charge in [-0.15, -0.1) is 0 Å². The molecule has 2 fully saturated rings. The van der Waals surface area contributed by atoms with E-state index in [1.807, 2.05) is 27.7 Å². The lowest BCUT2D eigenvalue weighted by Gasteiger charge is -2.26. The lowest BCUT2D eigenvalue weighted by Crippen LogP contribution is -2.34. The molecule has 5 nitrogen and oxygen atoms in total. The van der Waals surface area contributed by atoms with Crippen molar-refractivity contribution in [3.8, 4) is 0 Å². The Morgan fingerprint density at radius 2 is 2.00 bits per heavy atom. The van der Waals surface area contributed by atoms with Crippen LogP contribution in [0, 0.1) is 0 Å². The van der Waals surface area contributed by atoms with Crippen LogP contribution < -0.4 is 0 Å². The molecule has 0 aliphatic carbocycles.